The summed E-state index contributed by atoms with van der Waals surface area (Å²) < 4.78 is 11.2. The predicted molar refractivity (Wildman–Crippen MR) is 126 cm³/mol. The smallest absolute Gasteiger partial charge is 0.159 e. The predicted octanol–water partition coefficient (Wildman–Crippen LogP) is 7.36. The van der Waals surface area contributed by atoms with Crippen LogP contribution in [-0.4, -0.2) is 11.6 Å². The quantitative estimate of drug-likeness (QED) is 0.303. The number of ether oxygens (including phenoxy) is 2. The largest absolute Gasteiger partial charge is 0.457 e. The van der Waals surface area contributed by atoms with Crippen molar-refractivity contribution in [3.8, 4) is 23.0 Å². The minimum absolute atomic E-state index is 0.0614. The third-order valence-electron chi connectivity index (χ3n) is 4.48. The summed E-state index contributed by atoms with van der Waals surface area (Å²) in [4.78, 5) is 22.1. The maximum Gasteiger partial charge on any atom is 0.159 e. The third kappa shape index (κ3) is 6.96. The molecule has 0 atom stereocenters. The molecule has 0 bridgehead atoms. The van der Waals surface area contributed by atoms with E-state index in [-0.39, 0.29) is 11.6 Å². The van der Waals surface area contributed by atoms with Gasteiger partial charge >= 0.3 is 0 Å². The van der Waals surface area contributed by atoms with Crippen LogP contribution in [-0.2, 0) is 0 Å². The van der Waals surface area contributed by atoms with E-state index < -0.39 is 0 Å². The highest BCUT2D eigenvalue weighted by atomic mass is 16.5. The van der Waals surface area contributed by atoms with Gasteiger partial charge in [-0.15, -0.1) is 0 Å². The van der Waals surface area contributed by atoms with E-state index in [0.29, 0.717) is 11.1 Å². The van der Waals surface area contributed by atoms with Crippen molar-refractivity contribution in [2.24, 2.45) is 0 Å². The molecule has 4 aromatic carbocycles. The Balaban J connectivity index is 0.000000181. The molecule has 0 fully saturated rings. The third-order valence-corrected chi connectivity index (χ3v) is 4.48. The molecule has 4 rings (SSSR count). The number of carbonyl (C=O) groups is 2. The molecular formula is C28H24O4. The van der Waals surface area contributed by atoms with Gasteiger partial charge < -0.3 is 9.47 Å². The summed E-state index contributed by atoms with van der Waals surface area (Å²) in [7, 11) is 0. The number of rotatable bonds is 6. The molecule has 0 radical (unpaired) electrons. The second kappa shape index (κ2) is 11.3. The van der Waals surface area contributed by atoms with Crippen LogP contribution in [0.25, 0.3) is 0 Å². The van der Waals surface area contributed by atoms with E-state index in [0.717, 1.165) is 23.0 Å². The van der Waals surface area contributed by atoms with Crippen molar-refractivity contribution in [2.75, 3.05) is 0 Å². The van der Waals surface area contributed by atoms with E-state index in [2.05, 4.69) is 0 Å². The first-order chi connectivity index (χ1) is 15.5. The highest BCUT2D eigenvalue weighted by Crippen LogP contribution is 2.22. The minimum Gasteiger partial charge on any atom is -0.457 e. The number of para-hydroxylation sites is 2. The molecule has 0 aliphatic heterocycles. The SMILES string of the molecule is CC(=O)c1ccc(Oc2ccccc2)cc1.CC(=O)c1ccc(Oc2ccccc2)cc1. The van der Waals surface area contributed by atoms with E-state index in [1.54, 1.807) is 62.4 Å². The molecule has 0 saturated heterocycles. The molecule has 0 heterocycles. The summed E-state index contributed by atoms with van der Waals surface area (Å²) in [6.07, 6.45) is 0. The molecule has 0 aliphatic rings. The van der Waals surface area contributed by atoms with Gasteiger partial charge in [0, 0.05) is 11.1 Å². The van der Waals surface area contributed by atoms with Gasteiger partial charge in [0.25, 0.3) is 0 Å². The number of hydrogen-bond acceptors (Lipinski definition) is 4. The van der Waals surface area contributed by atoms with Crippen molar-refractivity contribution in [3.05, 3.63) is 120 Å². The number of Topliss-reactive ketones (excluding diaryl/α,β-unsaturated/α-hetero) is 2. The maximum atomic E-state index is 11.1. The Morgan fingerprint density at radius 2 is 0.719 bits per heavy atom. The van der Waals surface area contributed by atoms with Gasteiger partial charge in [-0.25, -0.2) is 0 Å². The normalized spacial score (nSPS) is 9.81. The Kier molecular flexibility index (Phi) is 7.93. The fraction of sp³-hybridized carbons (Fsp3) is 0.0714. The van der Waals surface area contributed by atoms with Gasteiger partial charge in [-0.1, -0.05) is 36.4 Å². The molecule has 4 aromatic rings. The fourth-order valence-electron chi connectivity index (χ4n) is 2.76. The monoisotopic (exact) mass is 424 g/mol. The summed E-state index contributed by atoms with van der Waals surface area (Å²) >= 11 is 0. The van der Waals surface area contributed by atoms with Crippen molar-refractivity contribution < 1.29 is 19.1 Å². The average Bonchev–Trinajstić information content (AvgIpc) is 2.82. The van der Waals surface area contributed by atoms with Crippen molar-refractivity contribution in [1.82, 2.24) is 0 Å². The second-order valence-corrected chi connectivity index (χ2v) is 6.99. The fourth-order valence-corrected chi connectivity index (χ4v) is 2.76. The first-order valence-corrected chi connectivity index (χ1v) is 10.2. The lowest BCUT2D eigenvalue weighted by molar-refractivity contribution is 0.100. The number of ketones is 2. The first-order valence-electron chi connectivity index (χ1n) is 10.2. The van der Waals surface area contributed by atoms with Crippen molar-refractivity contribution in [2.45, 2.75) is 13.8 Å². The molecule has 0 spiro atoms. The summed E-state index contributed by atoms with van der Waals surface area (Å²) in [6.45, 7) is 3.10. The molecule has 0 saturated carbocycles. The molecule has 4 heteroatoms. The van der Waals surface area contributed by atoms with Gasteiger partial charge in [0.15, 0.2) is 11.6 Å². The van der Waals surface area contributed by atoms with Crippen molar-refractivity contribution in [3.63, 3.8) is 0 Å². The molecule has 0 unspecified atom stereocenters. The Hall–Kier alpha value is -4.18. The van der Waals surface area contributed by atoms with Crippen LogP contribution in [0.3, 0.4) is 0 Å². The van der Waals surface area contributed by atoms with Crippen LogP contribution in [0.1, 0.15) is 34.6 Å². The average molecular weight is 424 g/mol. The van der Waals surface area contributed by atoms with Crippen LogP contribution < -0.4 is 9.47 Å². The van der Waals surface area contributed by atoms with Crippen LogP contribution in [0.2, 0.25) is 0 Å². The Labute approximate surface area is 188 Å². The number of carbonyl (C=O) groups excluding carboxylic acids is 2. The van der Waals surface area contributed by atoms with Gasteiger partial charge in [0.1, 0.15) is 23.0 Å². The van der Waals surface area contributed by atoms with Crippen molar-refractivity contribution >= 4 is 11.6 Å². The Morgan fingerprint density at radius 3 is 1.00 bits per heavy atom. The molecule has 0 aliphatic carbocycles. The molecule has 32 heavy (non-hydrogen) atoms. The minimum atomic E-state index is 0.0614. The molecule has 0 aromatic heterocycles. The Bertz CT molecular complexity index is 1040. The topological polar surface area (TPSA) is 52.6 Å². The van der Waals surface area contributed by atoms with Gasteiger partial charge in [-0.2, -0.15) is 0 Å². The lowest BCUT2D eigenvalue weighted by Crippen LogP contribution is -1.91. The lowest BCUT2D eigenvalue weighted by Gasteiger charge is -2.05. The summed E-state index contributed by atoms with van der Waals surface area (Å²) in [5.41, 5.74) is 1.39. The first kappa shape index (κ1) is 22.5. The lowest BCUT2D eigenvalue weighted by atomic mass is 10.1. The highest BCUT2D eigenvalue weighted by Gasteiger charge is 2.01. The van der Waals surface area contributed by atoms with E-state index in [9.17, 15) is 9.59 Å². The second-order valence-electron chi connectivity index (χ2n) is 6.99. The van der Waals surface area contributed by atoms with Crippen LogP contribution in [0.4, 0.5) is 0 Å². The summed E-state index contributed by atoms with van der Waals surface area (Å²) in [5, 5.41) is 0. The van der Waals surface area contributed by atoms with Crippen LogP contribution in [0.5, 0.6) is 23.0 Å². The molecule has 0 N–H and O–H groups in total. The van der Waals surface area contributed by atoms with Crippen LogP contribution in [0.15, 0.2) is 109 Å². The van der Waals surface area contributed by atoms with E-state index in [1.165, 1.54) is 0 Å². The highest BCUT2D eigenvalue weighted by molar-refractivity contribution is 5.94. The summed E-state index contributed by atoms with van der Waals surface area (Å²) in [5.74, 6) is 3.17. The zero-order valence-electron chi connectivity index (χ0n) is 18.0. The van der Waals surface area contributed by atoms with Gasteiger partial charge in [0.05, 0.1) is 0 Å². The van der Waals surface area contributed by atoms with E-state index >= 15 is 0 Å². The van der Waals surface area contributed by atoms with Crippen molar-refractivity contribution in [1.29, 1.82) is 0 Å². The molecular weight excluding hydrogens is 400 g/mol. The molecule has 4 nitrogen and oxygen atoms in total. The van der Waals surface area contributed by atoms with Gasteiger partial charge in [-0.3, -0.25) is 9.59 Å². The van der Waals surface area contributed by atoms with Crippen LogP contribution >= 0.6 is 0 Å². The zero-order valence-corrected chi connectivity index (χ0v) is 18.0. The van der Waals surface area contributed by atoms with Gasteiger partial charge in [0.2, 0.25) is 0 Å². The van der Waals surface area contributed by atoms with Gasteiger partial charge in [-0.05, 0) is 86.6 Å². The van der Waals surface area contributed by atoms with E-state index in [4.69, 9.17) is 9.47 Å². The number of hydrogen-bond donors (Lipinski definition) is 0. The summed E-state index contributed by atoms with van der Waals surface area (Å²) in [6, 6.07) is 33.3. The maximum absolute atomic E-state index is 11.1. The Morgan fingerprint density at radius 1 is 0.438 bits per heavy atom. The molecule has 0 amide bonds. The standard InChI is InChI=1S/2C14H12O2/c2*1-11(15)12-7-9-14(10-8-12)16-13-5-3-2-4-6-13/h2*2-10H,1H3. The van der Waals surface area contributed by atoms with E-state index in [1.807, 2.05) is 60.7 Å². The number of benzene rings is 4. The zero-order chi connectivity index (χ0) is 22.8. The molecule has 160 valence electrons. The van der Waals surface area contributed by atoms with Crippen LogP contribution in [0, 0.1) is 0 Å².